The topological polar surface area (TPSA) is 63.6 Å². The number of hydrogen-bond acceptors (Lipinski definition) is 4. The van der Waals surface area contributed by atoms with Crippen LogP contribution in [0.15, 0.2) is 52.1 Å². The van der Waals surface area contributed by atoms with Gasteiger partial charge in [0.1, 0.15) is 16.1 Å². The molecule has 1 amide bonds. The van der Waals surface area contributed by atoms with Crippen molar-refractivity contribution in [2.24, 2.45) is 4.99 Å². The van der Waals surface area contributed by atoms with Gasteiger partial charge in [0.05, 0.1) is 0 Å². The van der Waals surface area contributed by atoms with Gasteiger partial charge in [-0.05, 0) is 47.1 Å². The SMILES string of the molecule is C[C@]1(c2nc(Br)ccc2F)N=C(NC(=O)c2ccccc2)O[C@@H](C(F)(F)F)C1(F)F. The van der Waals surface area contributed by atoms with Crippen LogP contribution < -0.4 is 5.32 Å². The number of rotatable bonds is 2. The first-order chi connectivity index (χ1) is 13.9. The summed E-state index contributed by atoms with van der Waals surface area (Å²) in [6.07, 6.45) is -9.27. The van der Waals surface area contributed by atoms with Crippen molar-refractivity contribution >= 4 is 27.9 Å². The molecule has 0 radical (unpaired) electrons. The predicted molar refractivity (Wildman–Crippen MR) is 96.5 cm³/mol. The number of aliphatic imine (C=N–C) groups is 1. The van der Waals surface area contributed by atoms with Crippen LogP contribution in [0, 0.1) is 5.82 Å². The average Bonchev–Trinajstić information content (AvgIpc) is 2.66. The number of hydrogen-bond donors (Lipinski definition) is 1. The average molecular weight is 496 g/mol. The summed E-state index contributed by atoms with van der Waals surface area (Å²) in [5.74, 6) is -7.02. The van der Waals surface area contributed by atoms with E-state index in [4.69, 9.17) is 0 Å². The zero-order valence-corrected chi connectivity index (χ0v) is 16.6. The highest BCUT2D eigenvalue weighted by atomic mass is 79.9. The molecule has 0 aliphatic carbocycles. The predicted octanol–water partition coefficient (Wildman–Crippen LogP) is 4.58. The van der Waals surface area contributed by atoms with Crippen LogP contribution in [-0.2, 0) is 10.3 Å². The Bertz CT molecular complexity index is 999. The molecule has 160 valence electrons. The van der Waals surface area contributed by atoms with E-state index in [0.29, 0.717) is 6.92 Å². The minimum absolute atomic E-state index is 0.0122. The second-order valence-corrected chi connectivity index (χ2v) is 7.25. The Morgan fingerprint density at radius 1 is 1.17 bits per heavy atom. The monoisotopic (exact) mass is 495 g/mol. The summed E-state index contributed by atoms with van der Waals surface area (Å²) in [5, 5.41) is 1.93. The van der Waals surface area contributed by atoms with Crippen molar-refractivity contribution in [1.82, 2.24) is 10.3 Å². The molecular formula is C18H12BrF6N3O2. The Morgan fingerprint density at radius 3 is 2.40 bits per heavy atom. The van der Waals surface area contributed by atoms with Crippen LogP contribution in [-0.4, -0.2) is 35.1 Å². The lowest BCUT2D eigenvalue weighted by Crippen LogP contribution is -2.62. The van der Waals surface area contributed by atoms with Crippen LogP contribution in [0.5, 0.6) is 0 Å². The number of nitrogens with one attached hydrogen (secondary N) is 1. The fraction of sp³-hybridized carbons (Fsp3) is 0.278. The molecule has 0 saturated carbocycles. The summed E-state index contributed by atoms with van der Waals surface area (Å²) in [5.41, 5.74) is -4.18. The number of carbonyl (C=O) groups is 1. The Morgan fingerprint density at radius 2 is 1.80 bits per heavy atom. The van der Waals surface area contributed by atoms with E-state index in [0.717, 1.165) is 12.1 Å². The van der Waals surface area contributed by atoms with E-state index in [9.17, 15) is 31.1 Å². The molecular weight excluding hydrogens is 484 g/mol. The van der Waals surface area contributed by atoms with Crippen LogP contribution in [0.25, 0.3) is 0 Å². The van der Waals surface area contributed by atoms with E-state index in [-0.39, 0.29) is 10.2 Å². The molecule has 3 rings (SSSR count). The molecule has 1 aliphatic rings. The van der Waals surface area contributed by atoms with Gasteiger partial charge in [0.25, 0.3) is 18.0 Å². The molecule has 1 aromatic heterocycles. The molecule has 0 unspecified atom stereocenters. The standard InChI is InChI=1S/C18H12BrF6N3O2/c1-16(12-10(20)7-8-11(19)26-12)17(21,22)14(18(23,24)25)30-15(28-16)27-13(29)9-5-3-2-4-6-9/h2-8,14H,1H3,(H,27,28,29)/t14-,16-/m1/s1. The summed E-state index contributed by atoms with van der Waals surface area (Å²) in [4.78, 5) is 19.3. The van der Waals surface area contributed by atoms with Gasteiger partial charge in [-0.15, -0.1) is 0 Å². The molecule has 2 aromatic rings. The van der Waals surface area contributed by atoms with Gasteiger partial charge in [-0.25, -0.2) is 14.4 Å². The van der Waals surface area contributed by atoms with E-state index in [1.165, 1.54) is 24.3 Å². The minimum Gasteiger partial charge on any atom is -0.445 e. The maximum Gasteiger partial charge on any atom is 0.431 e. The summed E-state index contributed by atoms with van der Waals surface area (Å²) in [6, 6.07) is 7.93. The lowest BCUT2D eigenvalue weighted by Gasteiger charge is -2.42. The van der Waals surface area contributed by atoms with E-state index < -0.39 is 47.2 Å². The summed E-state index contributed by atoms with van der Waals surface area (Å²) in [6.45, 7) is 0.584. The third kappa shape index (κ3) is 3.87. The number of carbonyl (C=O) groups excluding carboxylic acids is 1. The number of ether oxygens (including phenoxy) is 1. The van der Waals surface area contributed by atoms with Gasteiger partial charge >= 0.3 is 12.1 Å². The fourth-order valence-electron chi connectivity index (χ4n) is 2.80. The Balaban J connectivity index is 2.13. The first-order valence-corrected chi connectivity index (χ1v) is 9.05. The Kier molecular flexibility index (Phi) is 5.56. The molecule has 2 heterocycles. The lowest BCUT2D eigenvalue weighted by atomic mass is 9.85. The van der Waals surface area contributed by atoms with Gasteiger partial charge in [0.15, 0.2) is 5.54 Å². The van der Waals surface area contributed by atoms with Crippen LogP contribution in [0.3, 0.4) is 0 Å². The van der Waals surface area contributed by atoms with Crippen LogP contribution in [0.2, 0.25) is 0 Å². The molecule has 2 atom stereocenters. The second kappa shape index (κ2) is 7.56. The summed E-state index contributed by atoms with van der Waals surface area (Å²) >= 11 is 2.87. The molecule has 5 nitrogen and oxygen atoms in total. The van der Waals surface area contributed by atoms with Gasteiger partial charge < -0.3 is 4.74 Å². The van der Waals surface area contributed by atoms with Crippen molar-refractivity contribution in [2.45, 2.75) is 30.7 Å². The van der Waals surface area contributed by atoms with Crippen molar-refractivity contribution in [3.05, 3.63) is 64.1 Å². The molecule has 30 heavy (non-hydrogen) atoms. The van der Waals surface area contributed by atoms with E-state index in [1.54, 1.807) is 6.07 Å². The lowest BCUT2D eigenvalue weighted by molar-refractivity contribution is -0.288. The van der Waals surface area contributed by atoms with Gasteiger partial charge in [0.2, 0.25) is 0 Å². The van der Waals surface area contributed by atoms with E-state index >= 15 is 0 Å². The number of nitrogens with zero attached hydrogens (tertiary/aromatic N) is 2. The van der Waals surface area contributed by atoms with Crippen LogP contribution in [0.4, 0.5) is 26.3 Å². The van der Waals surface area contributed by atoms with Crippen LogP contribution in [0.1, 0.15) is 23.0 Å². The molecule has 0 fully saturated rings. The van der Waals surface area contributed by atoms with Crippen molar-refractivity contribution in [2.75, 3.05) is 0 Å². The first-order valence-electron chi connectivity index (χ1n) is 8.26. The van der Waals surface area contributed by atoms with Crippen molar-refractivity contribution in [3.8, 4) is 0 Å². The smallest absolute Gasteiger partial charge is 0.431 e. The number of alkyl halides is 5. The third-order valence-corrected chi connectivity index (χ3v) is 4.80. The largest absolute Gasteiger partial charge is 0.445 e. The maximum atomic E-state index is 15.0. The van der Waals surface area contributed by atoms with Gasteiger partial charge in [-0.3, -0.25) is 10.1 Å². The number of amidine groups is 1. The Labute approximate surface area is 174 Å². The molecule has 1 aliphatic heterocycles. The summed E-state index contributed by atoms with van der Waals surface area (Å²) < 4.78 is 88.7. The summed E-state index contributed by atoms with van der Waals surface area (Å²) in [7, 11) is 0. The van der Waals surface area contributed by atoms with Crippen molar-refractivity contribution < 1.29 is 35.9 Å². The molecule has 0 bridgehead atoms. The fourth-order valence-corrected chi connectivity index (χ4v) is 3.11. The molecule has 0 saturated heterocycles. The zero-order chi connectivity index (χ0) is 22.3. The third-order valence-electron chi connectivity index (χ3n) is 4.36. The van der Waals surface area contributed by atoms with Crippen molar-refractivity contribution in [1.29, 1.82) is 0 Å². The van der Waals surface area contributed by atoms with Gasteiger partial charge in [-0.2, -0.15) is 22.0 Å². The van der Waals surface area contributed by atoms with Crippen LogP contribution >= 0.6 is 15.9 Å². The first kappa shape index (κ1) is 22.1. The minimum atomic E-state index is -5.56. The van der Waals surface area contributed by atoms with E-state index in [1.807, 2.05) is 5.32 Å². The molecule has 1 N–H and O–H groups in total. The number of pyridine rings is 1. The van der Waals surface area contributed by atoms with E-state index in [2.05, 4.69) is 30.6 Å². The molecule has 1 aromatic carbocycles. The quantitative estimate of drug-likeness (QED) is 0.489. The number of halogens is 7. The number of aromatic nitrogens is 1. The maximum absolute atomic E-state index is 15.0. The van der Waals surface area contributed by atoms with Crippen molar-refractivity contribution in [3.63, 3.8) is 0 Å². The molecule has 12 heteroatoms. The second-order valence-electron chi connectivity index (χ2n) is 6.44. The number of amides is 1. The highest BCUT2D eigenvalue weighted by Crippen LogP contribution is 2.50. The molecule has 0 spiro atoms. The zero-order valence-electron chi connectivity index (χ0n) is 15.0. The van der Waals surface area contributed by atoms with Gasteiger partial charge in [-0.1, -0.05) is 18.2 Å². The Hall–Kier alpha value is -2.63. The normalized spacial score (nSPS) is 23.3. The highest BCUT2D eigenvalue weighted by molar-refractivity contribution is 9.10. The number of benzene rings is 1. The van der Waals surface area contributed by atoms with Gasteiger partial charge in [0, 0.05) is 5.56 Å². The highest BCUT2D eigenvalue weighted by Gasteiger charge is 2.70.